The number of sulfonamides is 1. The highest BCUT2D eigenvalue weighted by Crippen LogP contribution is 2.24. The number of carbonyl (C=O) groups is 1. The van der Waals surface area contributed by atoms with Crippen molar-refractivity contribution in [1.29, 1.82) is 0 Å². The Kier molecular flexibility index (Phi) is 5.74. The summed E-state index contributed by atoms with van der Waals surface area (Å²) in [5.41, 5.74) is 0.0104. The number of benzene rings is 1. The average molecular weight is 377 g/mol. The zero-order chi connectivity index (χ0) is 17.0. The molecule has 0 radical (unpaired) electrons. The van der Waals surface area contributed by atoms with Crippen LogP contribution in [0.5, 0.6) is 0 Å². The van der Waals surface area contributed by atoms with Gasteiger partial charge >= 0.3 is 0 Å². The number of thiophene rings is 1. The lowest BCUT2D eigenvalue weighted by Crippen LogP contribution is -2.24. The van der Waals surface area contributed by atoms with Gasteiger partial charge < -0.3 is 5.32 Å². The van der Waals surface area contributed by atoms with Crippen LogP contribution in [0.2, 0.25) is 5.02 Å². The first-order valence-corrected chi connectivity index (χ1v) is 9.63. The van der Waals surface area contributed by atoms with E-state index in [2.05, 4.69) is 10.0 Å². The largest absolute Gasteiger partial charge is 0.319 e. The molecular weight excluding hydrogens is 363 g/mol. The average Bonchev–Trinajstić information content (AvgIpc) is 2.91. The van der Waals surface area contributed by atoms with Crippen LogP contribution in [-0.2, 0) is 16.4 Å². The molecule has 0 fully saturated rings. The van der Waals surface area contributed by atoms with Crippen LogP contribution in [0.4, 0.5) is 10.1 Å². The van der Waals surface area contributed by atoms with Gasteiger partial charge in [-0.15, -0.1) is 11.3 Å². The quantitative estimate of drug-likeness (QED) is 0.814. The van der Waals surface area contributed by atoms with Crippen molar-refractivity contribution in [3.05, 3.63) is 50.9 Å². The molecule has 0 saturated carbocycles. The topological polar surface area (TPSA) is 75.3 Å². The smallest absolute Gasteiger partial charge is 0.265 e. The standard InChI is InChI=1S/C14H14ClFN2O3S2/c1-23(20,21)17-8-7-9-5-6-12(22-9)14(19)18-11-4-2-3-10(15)13(11)16/h2-6,17H,7-8H2,1H3,(H,18,19). The number of halogens is 2. The summed E-state index contributed by atoms with van der Waals surface area (Å²) >= 11 is 6.88. The van der Waals surface area contributed by atoms with Crippen LogP contribution in [-0.4, -0.2) is 27.1 Å². The summed E-state index contributed by atoms with van der Waals surface area (Å²) < 4.78 is 38.1. The molecule has 1 aromatic heterocycles. The highest BCUT2D eigenvalue weighted by Gasteiger charge is 2.13. The molecule has 0 aliphatic rings. The Morgan fingerprint density at radius 3 is 2.74 bits per heavy atom. The van der Waals surface area contributed by atoms with Gasteiger partial charge in [-0.25, -0.2) is 17.5 Å². The lowest BCUT2D eigenvalue weighted by molar-refractivity contribution is 0.103. The Labute approximate surface area is 142 Å². The fourth-order valence-electron chi connectivity index (χ4n) is 1.78. The monoisotopic (exact) mass is 376 g/mol. The molecule has 9 heteroatoms. The Morgan fingerprint density at radius 1 is 1.30 bits per heavy atom. The Hall–Kier alpha value is -1.48. The molecule has 2 N–H and O–H groups in total. The highest BCUT2D eigenvalue weighted by molar-refractivity contribution is 7.88. The van der Waals surface area contributed by atoms with E-state index in [4.69, 9.17) is 11.6 Å². The van der Waals surface area contributed by atoms with Crippen molar-refractivity contribution in [2.45, 2.75) is 6.42 Å². The molecule has 1 amide bonds. The summed E-state index contributed by atoms with van der Waals surface area (Å²) in [5.74, 6) is -1.13. The Balaban J connectivity index is 1.99. The predicted octanol–water partition coefficient (Wildman–Crippen LogP) is 2.88. The van der Waals surface area contributed by atoms with Crippen LogP contribution in [0.3, 0.4) is 0 Å². The van der Waals surface area contributed by atoms with E-state index in [1.54, 1.807) is 12.1 Å². The maximum Gasteiger partial charge on any atom is 0.265 e. The molecule has 5 nitrogen and oxygen atoms in total. The summed E-state index contributed by atoms with van der Waals surface area (Å²) in [6, 6.07) is 7.70. The molecule has 1 heterocycles. The molecule has 0 spiro atoms. The van der Waals surface area contributed by atoms with Gasteiger partial charge in [0.15, 0.2) is 5.82 Å². The number of nitrogens with one attached hydrogen (secondary N) is 2. The van der Waals surface area contributed by atoms with E-state index in [1.807, 2.05) is 0 Å². The first-order valence-electron chi connectivity index (χ1n) is 6.55. The Morgan fingerprint density at radius 2 is 2.04 bits per heavy atom. The molecule has 23 heavy (non-hydrogen) atoms. The van der Waals surface area contributed by atoms with Gasteiger partial charge in [-0.05, 0) is 30.7 Å². The third-order valence-electron chi connectivity index (χ3n) is 2.82. The lowest BCUT2D eigenvalue weighted by Gasteiger charge is -2.05. The minimum absolute atomic E-state index is 0.0104. The van der Waals surface area contributed by atoms with Gasteiger partial charge in [0.05, 0.1) is 21.8 Å². The van der Waals surface area contributed by atoms with E-state index in [0.29, 0.717) is 11.3 Å². The highest BCUT2D eigenvalue weighted by atomic mass is 35.5. The van der Waals surface area contributed by atoms with Crippen LogP contribution in [0.15, 0.2) is 30.3 Å². The van der Waals surface area contributed by atoms with E-state index < -0.39 is 21.7 Å². The first kappa shape index (κ1) is 17.9. The number of rotatable bonds is 6. The van der Waals surface area contributed by atoms with Crippen molar-refractivity contribution in [3.63, 3.8) is 0 Å². The predicted molar refractivity (Wildman–Crippen MR) is 90.2 cm³/mol. The van der Waals surface area contributed by atoms with Crippen LogP contribution in [0.1, 0.15) is 14.5 Å². The molecule has 1 aromatic carbocycles. The summed E-state index contributed by atoms with van der Waals surface area (Å²) in [7, 11) is -3.23. The molecule has 0 aliphatic carbocycles. The van der Waals surface area contributed by atoms with E-state index in [9.17, 15) is 17.6 Å². The number of hydrogen-bond donors (Lipinski definition) is 2. The van der Waals surface area contributed by atoms with Gasteiger partial charge in [0, 0.05) is 11.4 Å². The van der Waals surface area contributed by atoms with Gasteiger partial charge in [0.1, 0.15) is 0 Å². The molecule has 0 atom stereocenters. The zero-order valence-corrected chi connectivity index (χ0v) is 14.5. The second-order valence-corrected chi connectivity index (χ2v) is 8.15. The van der Waals surface area contributed by atoms with E-state index in [0.717, 1.165) is 11.1 Å². The fraction of sp³-hybridized carbons (Fsp3) is 0.214. The van der Waals surface area contributed by atoms with Crippen molar-refractivity contribution in [2.24, 2.45) is 0 Å². The van der Waals surface area contributed by atoms with Gasteiger partial charge in [0.2, 0.25) is 10.0 Å². The molecule has 2 aromatic rings. The summed E-state index contributed by atoms with van der Waals surface area (Å²) in [4.78, 5) is 13.3. The number of hydrogen-bond acceptors (Lipinski definition) is 4. The summed E-state index contributed by atoms with van der Waals surface area (Å²) in [6.45, 7) is 0.253. The van der Waals surface area contributed by atoms with Crippen LogP contribution < -0.4 is 10.0 Å². The molecule has 0 saturated heterocycles. The van der Waals surface area contributed by atoms with Crippen molar-refractivity contribution in [1.82, 2.24) is 4.72 Å². The second kappa shape index (κ2) is 7.39. The van der Waals surface area contributed by atoms with Gasteiger partial charge in [-0.1, -0.05) is 17.7 Å². The lowest BCUT2D eigenvalue weighted by atomic mass is 10.3. The number of amides is 1. The summed E-state index contributed by atoms with van der Waals surface area (Å²) in [5, 5.41) is 2.39. The minimum Gasteiger partial charge on any atom is -0.319 e. The first-order chi connectivity index (χ1) is 10.8. The zero-order valence-electron chi connectivity index (χ0n) is 12.1. The number of carbonyl (C=O) groups excluding carboxylic acids is 1. The van der Waals surface area contributed by atoms with E-state index in [-0.39, 0.29) is 17.3 Å². The molecular formula is C14H14ClFN2O3S2. The molecule has 2 rings (SSSR count). The third kappa shape index (κ3) is 5.28. The van der Waals surface area contributed by atoms with E-state index in [1.165, 1.54) is 29.5 Å². The molecule has 0 aliphatic heterocycles. The van der Waals surface area contributed by atoms with Gasteiger partial charge in [0.25, 0.3) is 5.91 Å². The van der Waals surface area contributed by atoms with Crippen molar-refractivity contribution < 1.29 is 17.6 Å². The molecule has 124 valence electrons. The molecule has 0 bridgehead atoms. The maximum atomic E-state index is 13.8. The summed E-state index contributed by atoms with van der Waals surface area (Å²) in [6.07, 6.45) is 1.55. The fourth-order valence-corrected chi connectivity index (χ4v) is 3.33. The van der Waals surface area contributed by atoms with Crippen molar-refractivity contribution >= 4 is 44.6 Å². The van der Waals surface area contributed by atoms with Gasteiger partial charge in [-0.2, -0.15) is 0 Å². The SMILES string of the molecule is CS(=O)(=O)NCCc1ccc(C(=O)Nc2cccc(Cl)c2F)s1. The number of anilines is 1. The van der Waals surface area contributed by atoms with Gasteiger partial charge in [-0.3, -0.25) is 4.79 Å². The maximum absolute atomic E-state index is 13.8. The third-order valence-corrected chi connectivity index (χ3v) is 4.99. The van der Waals surface area contributed by atoms with Crippen LogP contribution in [0, 0.1) is 5.82 Å². The van der Waals surface area contributed by atoms with Crippen LogP contribution in [0.25, 0.3) is 0 Å². The minimum atomic E-state index is -3.23. The molecule has 0 unspecified atom stereocenters. The van der Waals surface area contributed by atoms with Crippen molar-refractivity contribution in [3.8, 4) is 0 Å². The van der Waals surface area contributed by atoms with E-state index >= 15 is 0 Å². The normalized spacial score (nSPS) is 11.4. The second-order valence-electron chi connectivity index (χ2n) is 4.74. The Bertz CT molecular complexity index is 821. The van der Waals surface area contributed by atoms with Crippen LogP contribution >= 0.6 is 22.9 Å². The van der Waals surface area contributed by atoms with Crippen molar-refractivity contribution in [2.75, 3.05) is 18.1 Å².